The Morgan fingerprint density at radius 3 is 3.09 bits per heavy atom. The van der Waals surface area contributed by atoms with E-state index in [4.69, 9.17) is 0 Å². The molecule has 0 saturated carbocycles. The zero-order valence-corrected chi connectivity index (χ0v) is 6.09. The van der Waals surface area contributed by atoms with Gasteiger partial charge in [-0.15, -0.1) is 0 Å². The van der Waals surface area contributed by atoms with Gasteiger partial charge < -0.3 is 4.57 Å². The van der Waals surface area contributed by atoms with Crippen molar-refractivity contribution in [2.24, 2.45) is 10.9 Å². The van der Waals surface area contributed by atoms with Gasteiger partial charge in [-0.1, -0.05) is 6.08 Å². The van der Waals surface area contributed by atoms with Crippen LogP contribution in [0.25, 0.3) is 0 Å². The van der Waals surface area contributed by atoms with E-state index in [2.05, 4.69) is 16.1 Å². The first-order valence-electron chi connectivity index (χ1n) is 3.61. The fourth-order valence-corrected chi connectivity index (χ4v) is 1.12. The van der Waals surface area contributed by atoms with E-state index in [0.717, 1.165) is 6.54 Å². The Morgan fingerprint density at radius 1 is 1.45 bits per heavy atom. The van der Waals surface area contributed by atoms with Crippen molar-refractivity contribution in [1.29, 1.82) is 0 Å². The van der Waals surface area contributed by atoms with Gasteiger partial charge >= 0.3 is 0 Å². The van der Waals surface area contributed by atoms with Crippen LogP contribution in [-0.4, -0.2) is 15.8 Å². The Morgan fingerprint density at radius 2 is 2.45 bits per heavy atom. The van der Waals surface area contributed by atoms with Crippen molar-refractivity contribution in [2.45, 2.75) is 6.54 Å². The molecule has 0 saturated heterocycles. The van der Waals surface area contributed by atoms with Crippen molar-refractivity contribution >= 4 is 6.21 Å². The molecular formula is C8H9N3. The van der Waals surface area contributed by atoms with Gasteiger partial charge in [-0.05, 0) is 0 Å². The zero-order valence-electron chi connectivity index (χ0n) is 6.09. The smallest absolute Gasteiger partial charge is 0.0946 e. The van der Waals surface area contributed by atoms with E-state index in [-0.39, 0.29) is 0 Å². The lowest BCUT2D eigenvalue weighted by Crippen LogP contribution is -2.05. The third-order valence-electron chi connectivity index (χ3n) is 1.68. The van der Waals surface area contributed by atoms with Crippen LogP contribution in [0.5, 0.6) is 0 Å². The number of allylic oxidation sites excluding steroid dienone is 1. The molecule has 1 atom stereocenters. The molecule has 0 spiro atoms. The van der Waals surface area contributed by atoms with E-state index in [1.807, 2.05) is 29.5 Å². The third kappa shape index (κ3) is 1.37. The van der Waals surface area contributed by atoms with Crippen LogP contribution < -0.4 is 0 Å². The molecule has 1 aromatic rings. The first-order valence-corrected chi connectivity index (χ1v) is 3.61. The van der Waals surface area contributed by atoms with Crippen LogP contribution in [0, 0.1) is 5.92 Å². The highest BCUT2D eigenvalue weighted by Crippen LogP contribution is 2.05. The quantitative estimate of drug-likeness (QED) is 0.616. The highest BCUT2D eigenvalue weighted by Gasteiger charge is 2.04. The molecule has 56 valence electrons. The van der Waals surface area contributed by atoms with Gasteiger partial charge in [-0.25, -0.2) is 4.98 Å². The molecule has 1 aliphatic heterocycles. The van der Waals surface area contributed by atoms with Gasteiger partial charge in [0.25, 0.3) is 0 Å². The van der Waals surface area contributed by atoms with Gasteiger partial charge in [0.05, 0.1) is 6.33 Å². The summed E-state index contributed by atoms with van der Waals surface area (Å²) < 4.78 is 2.05. The summed E-state index contributed by atoms with van der Waals surface area (Å²) in [4.78, 5) is 7.96. The fourth-order valence-electron chi connectivity index (χ4n) is 1.12. The number of hydrogen-bond donors (Lipinski definition) is 0. The summed E-state index contributed by atoms with van der Waals surface area (Å²) in [6, 6.07) is 0. The van der Waals surface area contributed by atoms with Crippen LogP contribution in [-0.2, 0) is 6.54 Å². The number of hydrogen-bond acceptors (Lipinski definition) is 2. The maximum Gasteiger partial charge on any atom is 0.0946 e. The minimum absolute atomic E-state index is 0.448. The highest BCUT2D eigenvalue weighted by molar-refractivity contribution is 5.66. The van der Waals surface area contributed by atoms with E-state index in [0.29, 0.717) is 5.92 Å². The molecule has 1 aromatic heterocycles. The second kappa shape index (κ2) is 2.70. The van der Waals surface area contributed by atoms with Crippen LogP contribution in [0.2, 0.25) is 0 Å². The minimum atomic E-state index is 0.448. The van der Waals surface area contributed by atoms with Gasteiger partial charge in [-0.3, -0.25) is 4.99 Å². The number of aromatic nitrogens is 2. The van der Waals surface area contributed by atoms with Crippen molar-refractivity contribution in [3.63, 3.8) is 0 Å². The maximum atomic E-state index is 4.01. The fraction of sp³-hybridized carbons (Fsp3) is 0.250. The van der Waals surface area contributed by atoms with Gasteiger partial charge in [0.2, 0.25) is 0 Å². The molecule has 0 radical (unpaired) electrons. The predicted octanol–water partition coefficient (Wildman–Crippen LogP) is 1.10. The van der Waals surface area contributed by atoms with Crippen molar-refractivity contribution in [3.05, 3.63) is 31.0 Å². The molecule has 2 heterocycles. The van der Waals surface area contributed by atoms with Crippen molar-refractivity contribution in [3.8, 4) is 0 Å². The van der Waals surface area contributed by atoms with E-state index in [1.165, 1.54) is 0 Å². The topological polar surface area (TPSA) is 30.2 Å². The molecule has 0 aromatic carbocycles. The van der Waals surface area contributed by atoms with E-state index < -0.39 is 0 Å². The van der Waals surface area contributed by atoms with Gasteiger partial charge in [0, 0.05) is 37.3 Å². The molecule has 1 aliphatic rings. The van der Waals surface area contributed by atoms with Crippen LogP contribution in [0.1, 0.15) is 0 Å². The lowest BCUT2D eigenvalue weighted by molar-refractivity contribution is 0.650. The maximum absolute atomic E-state index is 4.01. The number of aliphatic imine (C=N–C) groups is 1. The molecule has 0 N–H and O–H groups in total. The summed E-state index contributed by atoms with van der Waals surface area (Å²) in [6.07, 6.45) is 11.4. The highest BCUT2D eigenvalue weighted by atomic mass is 15.0. The molecule has 3 nitrogen and oxygen atoms in total. The molecule has 0 bridgehead atoms. The minimum Gasteiger partial charge on any atom is -0.337 e. The van der Waals surface area contributed by atoms with Crippen LogP contribution in [0.15, 0.2) is 36.0 Å². The van der Waals surface area contributed by atoms with Crippen LogP contribution >= 0.6 is 0 Å². The molecule has 3 heteroatoms. The molecular weight excluding hydrogens is 138 g/mol. The summed E-state index contributed by atoms with van der Waals surface area (Å²) in [5.41, 5.74) is 0. The second-order valence-electron chi connectivity index (χ2n) is 2.56. The SMILES string of the molecule is C1=CC(Cn2ccnc2)C=N1. The third-order valence-corrected chi connectivity index (χ3v) is 1.68. The Balaban J connectivity index is 2.01. The van der Waals surface area contributed by atoms with E-state index in [9.17, 15) is 0 Å². The van der Waals surface area contributed by atoms with E-state index in [1.54, 1.807) is 6.20 Å². The second-order valence-corrected chi connectivity index (χ2v) is 2.56. The Kier molecular flexibility index (Phi) is 1.55. The largest absolute Gasteiger partial charge is 0.337 e. The Labute approximate surface area is 65.1 Å². The first-order chi connectivity index (χ1) is 5.45. The number of imidazole rings is 1. The lowest BCUT2D eigenvalue weighted by atomic mass is 10.2. The summed E-state index contributed by atoms with van der Waals surface area (Å²) >= 11 is 0. The summed E-state index contributed by atoms with van der Waals surface area (Å²) in [6.45, 7) is 0.944. The van der Waals surface area contributed by atoms with Crippen LogP contribution in [0.4, 0.5) is 0 Å². The molecule has 0 amide bonds. The number of rotatable bonds is 2. The lowest BCUT2D eigenvalue weighted by Gasteiger charge is -2.03. The van der Waals surface area contributed by atoms with Crippen molar-refractivity contribution in [2.75, 3.05) is 0 Å². The standard InChI is InChI=1S/C8H9N3/c1-2-9-5-8(1)6-11-4-3-10-7-11/h1-5,7-8H,6H2. The molecule has 11 heavy (non-hydrogen) atoms. The van der Waals surface area contributed by atoms with Crippen LogP contribution in [0.3, 0.4) is 0 Å². The van der Waals surface area contributed by atoms with Crippen molar-refractivity contribution in [1.82, 2.24) is 9.55 Å². The molecule has 0 fully saturated rings. The van der Waals surface area contributed by atoms with Crippen molar-refractivity contribution < 1.29 is 0 Å². The summed E-state index contributed by atoms with van der Waals surface area (Å²) in [7, 11) is 0. The van der Waals surface area contributed by atoms with E-state index >= 15 is 0 Å². The molecule has 0 aliphatic carbocycles. The van der Waals surface area contributed by atoms with Gasteiger partial charge in [-0.2, -0.15) is 0 Å². The molecule has 2 rings (SSSR count). The summed E-state index contributed by atoms with van der Waals surface area (Å²) in [5.74, 6) is 0.448. The van der Waals surface area contributed by atoms with Gasteiger partial charge in [0.1, 0.15) is 0 Å². The normalized spacial score (nSPS) is 21.3. The average Bonchev–Trinajstić information content (AvgIpc) is 2.60. The monoisotopic (exact) mass is 147 g/mol. The first kappa shape index (κ1) is 6.34. The zero-order chi connectivity index (χ0) is 7.52. The number of nitrogens with zero attached hydrogens (tertiary/aromatic N) is 3. The Bertz CT molecular complexity index is 260. The average molecular weight is 147 g/mol. The van der Waals surface area contributed by atoms with Gasteiger partial charge in [0.15, 0.2) is 0 Å². The molecule has 1 unspecified atom stereocenters. The Hall–Kier alpha value is -1.38. The summed E-state index contributed by atoms with van der Waals surface area (Å²) in [5, 5.41) is 0. The predicted molar refractivity (Wildman–Crippen MR) is 43.3 cm³/mol.